The van der Waals surface area contributed by atoms with E-state index in [-0.39, 0.29) is 29.2 Å². The fourth-order valence-corrected chi connectivity index (χ4v) is 4.18. The molecule has 0 aromatic heterocycles. The summed E-state index contributed by atoms with van der Waals surface area (Å²) < 4.78 is 41.6. The Bertz CT molecular complexity index is 1080. The Labute approximate surface area is 183 Å². The third-order valence-electron chi connectivity index (χ3n) is 6.04. The van der Waals surface area contributed by atoms with Crippen molar-refractivity contribution in [1.29, 1.82) is 0 Å². The van der Waals surface area contributed by atoms with Gasteiger partial charge in [-0.25, -0.2) is 0 Å². The number of anilines is 2. The number of rotatable bonds is 4. The first-order chi connectivity index (χ1) is 15.1. The van der Waals surface area contributed by atoms with Crippen molar-refractivity contribution in [3.63, 3.8) is 0 Å². The molecular formula is C23H23F3N4O2. The lowest BCUT2D eigenvalue weighted by Gasteiger charge is -2.26. The molecule has 2 atom stereocenters. The Kier molecular flexibility index (Phi) is 5.66. The third-order valence-corrected chi connectivity index (χ3v) is 6.04. The molecule has 1 N–H and O–H groups in total. The summed E-state index contributed by atoms with van der Waals surface area (Å²) in [5.41, 5.74) is 0.829. The number of carbonyl (C=O) groups excluding carboxylic acids is 2. The van der Waals surface area contributed by atoms with E-state index in [1.54, 1.807) is 41.1 Å². The Hall–Kier alpha value is -3.36. The minimum atomic E-state index is -4.57. The van der Waals surface area contributed by atoms with Crippen LogP contribution in [-0.4, -0.2) is 49.1 Å². The van der Waals surface area contributed by atoms with Crippen LogP contribution in [0.2, 0.25) is 0 Å². The molecule has 0 spiro atoms. The van der Waals surface area contributed by atoms with Crippen LogP contribution in [0.5, 0.6) is 0 Å². The number of carbonyl (C=O) groups is 2. The van der Waals surface area contributed by atoms with Gasteiger partial charge in [-0.15, -0.1) is 0 Å². The van der Waals surface area contributed by atoms with E-state index in [1.165, 1.54) is 25.3 Å². The molecule has 2 aliphatic rings. The van der Waals surface area contributed by atoms with Crippen LogP contribution >= 0.6 is 0 Å². The van der Waals surface area contributed by atoms with Crippen molar-refractivity contribution in [2.24, 2.45) is 4.99 Å². The highest BCUT2D eigenvalue weighted by molar-refractivity contribution is 6.12. The molecule has 2 aromatic rings. The molecule has 1 saturated heterocycles. The van der Waals surface area contributed by atoms with Crippen LogP contribution in [0, 0.1) is 0 Å². The number of alkyl halides is 3. The summed E-state index contributed by atoms with van der Waals surface area (Å²) in [7, 11) is 1.66. The zero-order chi connectivity index (χ0) is 23.0. The Morgan fingerprint density at radius 3 is 2.72 bits per heavy atom. The second-order valence-electron chi connectivity index (χ2n) is 8.05. The molecular weight excluding hydrogens is 421 g/mol. The van der Waals surface area contributed by atoms with Gasteiger partial charge in [0.2, 0.25) is 11.8 Å². The quantitative estimate of drug-likeness (QED) is 0.719. The number of para-hydroxylation sites is 1. The molecule has 0 saturated carbocycles. The number of likely N-dealkylation sites (N-methyl/N-ethyl adjacent to an activating group) is 1. The van der Waals surface area contributed by atoms with Crippen LogP contribution < -0.4 is 10.2 Å². The maximum absolute atomic E-state index is 13.9. The molecule has 2 heterocycles. The Balaban J connectivity index is 1.59. The zero-order valence-corrected chi connectivity index (χ0v) is 17.7. The summed E-state index contributed by atoms with van der Waals surface area (Å²) in [4.78, 5) is 31.2. The summed E-state index contributed by atoms with van der Waals surface area (Å²) in [5, 5.41) is 2.74. The van der Waals surface area contributed by atoms with E-state index >= 15 is 0 Å². The number of fused-ring (bicyclic) bond motifs is 1. The van der Waals surface area contributed by atoms with Crippen molar-refractivity contribution in [3.8, 4) is 0 Å². The van der Waals surface area contributed by atoms with Gasteiger partial charge in [0.15, 0.2) is 0 Å². The van der Waals surface area contributed by atoms with E-state index in [4.69, 9.17) is 0 Å². The molecule has 2 amide bonds. The second-order valence-corrected chi connectivity index (χ2v) is 8.05. The van der Waals surface area contributed by atoms with Gasteiger partial charge in [-0.3, -0.25) is 14.6 Å². The van der Waals surface area contributed by atoms with Crippen molar-refractivity contribution in [2.45, 2.75) is 31.5 Å². The molecule has 1 fully saturated rings. The Morgan fingerprint density at radius 1 is 1.25 bits per heavy atom. The first-order valence-corrected chi connectivity index (χ1v) is 10.3. The van der Waals surface area contributed by atoms with Gasteiger partial charge in [0.05, 0.1) is 17.3 Å². The smallest absolute Gasteiger partial charge is 0.369 e. The third kappa shape index (κ3) is 4.19. The summed E-state index contributed by atoms with van der Waals surface area (Å²) in [6.07, 6.45) is -2.59. The van der Waals surface area contributed by atoms with Gasteiger partial charge in [-0.2, -0.15) is 13.2 Å². The van der Waals surface area contributed by atoms with Gasteiger partial charge in [-0.1, -0.05) is 18.2 Å². The van der Waals surface area contributed by atoms with Crippen molar-refractivity contribution >= 4 is 35.1 Å². The molecule has 2 aromatic carbocycles. The standard InChI is InChI=1S/C23H23F3N4O2/c1-14(31)29(2)16-9-10-30(13-16)21-8-7-15(11-19(21)23(24,25)26)27-12-18-17-5-3-4-6-20(17)28-22(18)32/h3-8,11-12,16,18H,9-10,13H2,1-2H3,(H,28,32). The molecule has 0 aliphatic carbocycles. The maximum Gasteiger partial charge on any atom is 0.418 e. The number of halogens is 3. The highest BCUT2D eigenvalue weighted by atomic mass is 19.4. The van der Waals surface area contributed by atoms with Gasteiger partial charge in [0, 0.05) is 44.7 Å². The molecule has 32 heavy (non-hydrogen) atoms. The lowest BCUT2D eigenvalue weighted by atomic mass is 10.0. The molecule has 0 bridgehead atoms. The first kappa shape index (κ1) is 21.9. The van der Waals surface area contributed by atoms with Crippen LogP contribution in [-0.2, 0) is 15.8 Å². The number of aliphatic imine (C=N–C) groups is 1. The van der Waals surface area contributed by atoms with Crippen molar-refractivity contribution in [2.75, 3.05) is 30.4 Å². The molecule has 9 heteroatoms. The summed E-state index contributed by atoms with van der Waals surface area (Å²) >= 11 is 0. The lowest BCUT2D eigenvalue weighted by Crippen LogP contribution is -2.37. The predicted molar refractivity (Wildman–Crippen MR) is 116 cm³/mol. The molecule has 4 rings (SSSR count). The van der Waals surface area contributed by atoms with Crippen LogP contribution in [0.15, 0.2) is 47.5 Å². The molecule has 168 valence electrons. The largest absolute Gasteiger partial charge is 0.418 e. The van der Waals surface area contributed by atoms with Crippen molar-refractivity contribution in [3.05, 3.63) is 53.6 Å². The lowest BCUT2D eigenvalue weighted by molar-refractivity contribution is -0.137. The summed E-state index contributed by atoms with van der Waals surface area (Å²) in [5.74, 6) is -1.03. The first-order valence-electron chi connectivity index (χ1n) is 10.3. The molecule has 2 aliphatic heterocycles. The van der Waals surface area contributed by atoms with E-state index in [0.717, 1.165) is 11.6 Å². The molecule has 2 unspecified atom stereocenters. The van der Waals surface area contributed by atoms with Gasteiger partial charge in [0.25, 0.3) is 0 Å². The Morgan fingerprint density at radius 2 is 2.00 bits per heavy atom. The number of nitrogens with zero attached hydrogens (tertiary/aromatic N) is 3. The highest BCUT2D eigenvalue weighted by Gasteiger charge is 2.37. The minimum absolute atomic E-state index is 0.0693. The number of amides is 2. The average Bonchev–Trinajstić information content (AvgIpc) is 3.35. The van der Waals surface area contributed by atoms with Crippen LogP contribution in [0.25, 0.3) is 0 Å². The predicted octanol–water partition coefficient (Wildman–Crippen LogP) is 4.20. The highest BCUT2D eigenvalue weighted by Crippen LogP contribution is 2.40. The van der Waals surface area contributed by atoms with E-state index in [0.29, 0.717) is 25.2 Å². The molecule has 6 nitrogen and oxygen atoms in total. The summed E-state index contributed by atoms with van der Waals surface area (Å²) in [6.45, 7) is 2.20. The fraction of sp³-hybridized carbons (Fsp3) is 0.348. The summed E-state index contributed by atoms with van der Waals surface area (Å²) in [6, 6.07) is 10.9. The normalized spacial score (nSPS) is 20.5. The number of hydrogen-bond donors (Lipinski definition) is 1. The fourth-order valence-electron chi connectivity index (χ4n) is 4.18. The van der Waals surface area contributed by atoms with E-state index in [9.17, 15) is 22.8 Å². The molecule has 0 radical (unpaired) electrons. The number of benzene rings is 2. The minimum Gasteiger partial charge on any atom is -0.369 e. The van der Waals surface area contributed by atoms with Gasteiger partial charge < -0.3 is 15.1 Å². The number of nitrogens with one attached hydrogen (secondary N) is 1. The van der Waals surface area contributed by atoms with Crippen LogP contribution in [0.3, 0.4) is 0 Å². The monoisotopic (exact) mass is 444 g/mol. The van der Waals surface area contributed by atoms with Crippen LogP contribution in [0.4, 0.5) is 30.2 Å². The number of hydrogen-bond acceptors (Lipinski definition) is 4. The topological polar surface area (TPSA) is 65.0 Å². The zero-order valence-electron chi connectivity index (χ0n) is 17.7. The SMILES string of the molecule is CC(=O)N(C)C1CCN(c2ccc(N=CC3C(=O)Nc4ccccc43)cc2C(F)(F)F)C1. The van der Waals surface area contributed by atoms with Gasteiger partial charge >= 0.3 is 6.18 Å². The van der Waals surface area contributed by atoms with E-state index in [1.807, 2.05) is 0 Å². The van der Waals surface area contributed by atoms with Gasteiger partial charge in [0.1, 0.15) is 5.92 Å². The second kappa shape index (κ2) is 8.29. The van der Waals surface area contributed by atoms with Crippen LogP contribution in [0.1, 0.15) is 30.4 Å². The van der Waals surface area contributed by atoms with Crippen molar-refractivity contribution < 1.29 is 22.8 Å². The van der Waals surface area contributed by atoms with E-state index in [2.05, 4.69) is 10.3 Å². The van der Waals surface area contributed by atoms with Gasteiger partial charge in [-0.05, 0) is 36.2 Å². The van der Waals surface area contributed by atoms with E-state index < -0.39 is 17.7 Å². The maximum atomic E-state index is 13.9. The van der Waals surface area contributed by atoms with Crippen molar-refractivity contribution in [1.82, 2.24) is 4.90 Å². The average molecular weight is 444 g/mol.